The summed E-state index contributed by atoms with van der Waals surface area (Å²) in [7, 11) is 3.58. The van der Waals surface area contributed by atoms with E-state index in [2.05, 4.69) is 0 Å². The minimum Gasteiger partial charge on any atom is -0.374 e. The molecule has 2 rings (SSSR count). The highest BCUT2D eigenvalue weighted by molar-refractivity contribution is 5.74. The number of urea groups is 1. The van der Waals surface area contributed by atoms with Gasteiger partial charge in [-0.1, -0.05) is 0 Å². The number of amides is 2. The Bertz CT molecular complexity index is 283. The molecule has 5 nitrogen and oxygen atoms in total. The van der Waals surface area contributed by atoms with Crippen LogP contribution < -0.4 is 0 Å². The van der Waals surface area contributed by atoms with E-state index in [1.54, 1.807) is 19.0 Å². The molecule has 0 aromatic carbocycles. The fraction of sp³-hybridized carbons (Fsp3) is 0.917. The normalized spacial score (nSPS) is 32.4. The van der Waals surface area contributed by atoms with Crippen molar-refractivity contribution in [3.63, 3.8) is 0 Å². The van der Waals surface area contributed by atoms with Crippen LogP contribution in [0.15, 0.2) is 0 Å². The third-order valence-corrected chi connectivity index (χ3v) is 3.54. The molecule has 0 radical (unpaired) electrons. The van der Waals surface area contributed by atoms with Crippen LogP contribution in [0.4, 0.5) is 4.79 Å². The highest BCUT2D eigenvalue weighted by Crippen LogP contribution is 2.32. The maximum atomic E-state index is 12.1. The predicted octanol–water partition coefficient (Wildman–Crippen LogP) is 0.936. The van der Waals surface area contributed by atoms with E-state index in [0.29, 0.717) is 19.8 Å². The Morgan fingerprint density at radius 2 is 2.24 bits per heavy atom. The number of hydrogen-bond acceptors (Lipinski definition) is 3. The molecular formula is C12H22N2O3. The molecule has 0 N–H and O–H groups in total. The standard InChI is InChI=1S/C12H22N2O3/c1-4-16-11-9-5-6-10(11)17-8-7-14(9)12(15)13(2)3/h9-11H,4-8H2,1-3H3/t9-,10-,11+/m1/s1. The second-order valence-corrected chi connectivity index (χ2v) is 4.84. The largest absolute Gasteiger partial charge is 0.374 e. The van der Waals surface area contributed by atoms with Crippen molar-refractivity contribution in [2.45, 2.75) is 38.0 Å². The van der Waals surface area contributed by atoms with Crippen LogP contribution in [0.3, 0.4) is 0 Å². The Balaban J connectivity index is 2.14. The van der Waals surface area contributed by atoms with Gasteiger partial charge in [0.2, 0.25) is 0 Å². The highest BCUT2D eigenvalue weighted by Gasteiger charge is 2.44. The van der Waals surface area contributed by atoms with Crippen molar-refractivity contribution in [3.8, 4) is 0 Å². The molecule has 2 amide bonds. The topological polar surface area (TPSA) is 42.0 Å². The predicted molar refractivity (Wildman–Crippen MR) is 64.0 cm³/mol. The Kier molecular flexibility index (Phi) is 3.89. The van der Waals surface area contributed by atoms with Crippen LogP contribution >= 0.6 is 0 Å². The first-order valence-corrected chi connectivity index (χ1v) is 6.36. The zero-order valence-electron chi connectivity index (χ0n) is 10.9. The SMILES string of the molecule is CCO[C@H]1[C@H]2CC[C@H]1OCCN2C(=O)N(C)C. The van der Waals surface area contributed by atoms with Crippen molar-refractivity contribution in [2.24, 2.45) is 0 Å². The third kappa shape index (κ3) is 2.40. The van der Waals surface area contributed by atoms with E-state index < -0.39 is 0 Å². The van der Waals surface area contributed by atoms with E-state index in [9.17, 15) is 4.79 Å². The smallest absolute Gasteiger partial charge is 0.319 e. The van der Waals surface area contributed by atoms with Gasteiger partial charge in [-0.05, 0) is 19.8 Å². The van der Waals surface area contributed by atoms with E-state index in [1.807, 2.05) is 11.8 Å². The lowest BCUT2D eigenvalue weighted by Gasteiger charge is -2.33. The zero-order valence-corrected chi connectivity index (χ0v) is 10.9. The van der Waals surface area contributed by atoms with E-state index in [0.717, 1.165) is 12.8 Å². The maximum absolute atomic E-state index is 12.1. The average Bonchev–Trinajstić information content (AvgIpc) is 2.55. The summed E-state index contributed by atoms with van der Waals surface area (Å²) in [6, 6.07) is 0.239. The molecule has 3 atom stereocenters. The van der Waals surface area contributed by atoms with Crippen molar-refractivity contribution in [2.75, 3.05) is 33.9 Å². The molecule has 1 heterocycles. The lowest BCUT2D eigenvalue weighted by molar-refractivity contribution is -0.0482. The van der Waals surface area contributed by atoms with Gasteiger partial charge in [-0.15, -0.1) is 0 Å². The lowest BCUT2D eigenvalue weighted by atomic mass is 10.1. The maximum Gasteiger partial charge on any atom is 0.319 e. The van der Waals surface area contributed by atoms with Crippen LogP contribution in [0.2, 0.25) is 0 Å². The Labute approximate surface area is 103 Å². The Morgan fingerprint density at radius 1 is 1.47 bits per heavy atom. The Morgan fingerprint density at radius 3 is 2.88 bits per heavy atom. The van der Waals surface area contributed by atoms with E-state index in [-0.39, 0.29) is 24.3 Å². The van der Waals surface area contributed by atoms with Gasteiger partial charge in [0.1, 0.15) is 6.10 Å². The molecular weight excluding hydrogens is 220 g/mol. The van der Waals surface area contributed by atoms with Crippen LogP contribution in [0.1, 0.15) is 19.8 Å². The first kappa shape index (κ1) is 12.6. The molecule has 5 heteroatoms. The van der Waals surface area contributed by atoms with Gasteiger partial charge in [-0.25, -0.2) is 4.79 Å². The fourth-order valence-electron chi connectivity index (χ4n) is 2.80. The van der Waals surface area contributed by atoms with Gasteiger partial charge < -0.3 is 19.3 Å². The average molecular weight is 242 g/mol. The van der Waals surface area contributed by atoms with Gasteiger partial charge in [0.15, 0.2) is 0 Å². The summed E-state index contributed by atoms with van der Waals surface area (Å²) >= 11 is 0. The van der Waals surface area contributed by atoms with Crippen LogP contribution in [0.5, 0.6) is 0 Å². The molecule has 0 spiro atoms. The van der Waals surface area contributed by atoms with Crippen molar-refractivity contribution < 1.29 is 14.3 Å². The monoisotopic (exact) mass is 242 g/mol. The van der Waals surface area contributed by atoms with Crippen LogP contribution in [-0.4, -0.2) is 67.9 Å². The molecule has 2 bridgehead atoms. The fourth-order valence-corrected chi connectivity index (χ4v) is 2.80. The van der Waals surface area contributed by atoms with E-state index in [4.69, 9.17) is 9.47 Å². The number of ether oxygens (including phenoxy) is 2. The summed E-state index contributed by atoms with van der Waals surface area (Å²) in [4.78, 5) is 15.7. The number of nitrogens with zero attached hydrogens (tertiary/aromatic N) is 2. The first-order chi connectivity index (χ1) is 8.15. The summed E-state index contributed by atoms with van der Waals surface area (Å²) in [6.07, 6.45) is 2.19. The third-order valence-electron chi connectivity index (χ3n) is 3.54. The molecule has 1 saturated carbocycles. The summed E-state index contributed by atoms with van der Waals surface area (Å²) in [5, 5.41) is 0. The van der Waals surface area contributed by atoms with Crippen molar-refractivity contribution in [1.29, 1.82) is 0 Å². The van der Waals surface area contributed by atoms with Gasteiger partial charge in [0, 0.05) is 27.2 Å². The van der Waals surface area contributed by atoms with E-state index in [1.165, 1.54) is 0 Å². The second kappa shape index (κ2) is 5.23. The Hall–Kier alpha value is -0.810. The summed E-state index contributed by atoms with van der Waals surface area (Å²) in [6.45, 7) is 3.94. The number of carbonyl (C=O) groups is 1. The molecule has 98 valence electrons. The number of hydrogen-bond donors (Lipinski definition) is 0. The molecule has 17 heavy (non-hydrogen) atoms. The van der Waals surface area contributed by atoms with E-state index >= 15 is 0 Å². The summed E-state index contributed by atoms with van der Waals surface area (Å²) in [5.41, 5.74) is 0. The van der Waals surface area contributed by atoms with Gasteiger partial charge in [-0.3, -0.25) is 0 Å². The molecule has 0 aromatic rings. The van der Waals surface area contributed by atoms with Crippen LogP contribution in [0, 0.1) is 0 Å². The summed E-state index contributed by atoms with van der Waals surface area (Å²) < 4.78 is 11.6. The highest BCUT2D eigenvalue weighted by atomic mass is 16.5. The molecule has 1 aliphatic heterocycles. The number of carbonyl (C=O) groups excluding carboxylic acids is 1. The quantitative estimate of drug-likeness (QED) is 0.723. The molecule has 2 aliphatic rings. The van der Waals surface area contributed by atoms with Crippen molar-refractivity contribution in [3.05, 3.63) is 0 Å². The minimum atomic E-state index is 0.0476. The van der Waals surface area contributed by atoms with Crippen LogP contribution in [0.25, 0.3) is 0 Å². The molecule has 0 unspecified atom stereocenters. The minimum absolute atomic E-state index is 0.0476. The van der Waals surface area contributed by atoms with Crippen molar-refractivity contribution >= 4 is 6.03 Å². The van der Waals surface area contributed by atoms with Gasteiger partial charge in [-0.2, -0.15) is 0 Å². The van der Waals surface area contributed by atoms with Gasteiger partial charge in [0.25, 0.3) is 0 Å². The van der Waals surface area contributed by atoms with Gasteiger partial charge in [0.05, 0.1) is 18.8 Å². The molecule has 2 fully saturated rings. The lowest BCUT2D eigenvalue weighted by Crippen LogP contribution is -2.50. The second-order valence-electron chi connectivity index (χ2n) is 4.84. The number of rotatable bonds is 2. The molecule has 0 aromatic heterocycles. The zero-order chi connectivity index (χ0) is 12.4. The van der Waals surface area contributed by atoms with Gasteiger partial charge >= 0.3 is 6.03 Å². The summed E-state index contributed by atoms with van der Waals surface area (Å²) in [5.74, 6) is 0. The molecule has 1 aliphatic carbocycles. The molecule has 1 saturated heterocycles. The van der Waals surface area contributed by atoms with Crippen molar-refractivity contribution in [1.82, 2.24) is 9.80 Å². The number of fused-ring (bicyclic) bond motifs is 2. The first-order valence-electron chi connectivity index (χ1n) is 6.36. The van der Waals surface area contributed by atoms with Crippen LogP contribution in [-0.2, 0) is 9.47 Å².